The number of aryl methyl sites for hydroxylation is 1. The Hall–Kier alpha value is -6.52. The summed E-state index contributed by atoms with van der Waals surface area (Å²) in [4.78, 5) is 63.2. The molecule has 2 saturated heterocycles. The Balaban J connectivity index is 0.896. The van der Waals surface area contributed by atoms with Crippen LogP contribution in [0, 0.1) is 0 Å². The molecular formula is C47H49F2N9O6. The molecule has 0 radical (unpaired) electrons. The van der Waals surface area contributed by atoms with Gasteiger partial charge in [0.2, 0.25) is 17.7 Å². The van der Waals surface area contributed by atoms with E-state index in [1.165, 1.54) is 12.0 Å². The van der Waals surface area contributed by atoms with E-state index >= 15 is 8.78 Å². The maximum atomic E-state index is 15.3. The van der Waals surface area contributed by atoms with Crippen LogP contribution in [0.3, 0.4) is 0 Å². The molecule has 15 nitrogen and oxygen atoms in total. The Morgan fingerprint density at radius 2 is 1.72 bits per heavy atom. The minimum absolute atomic E-state index is 0.0216. The molecule has 1 aliphatic carbocycles. The van der Waals surface area contributed by atoms with Crippen molar-refractivity contribution in [3.05, 3.63) is 82.4 Å². The molecule has 332 valence electrons. The highest BCUT2D eigenvalue weighted by Crippen LogP contribution is 2.47. The molecule has 3 aromatic heterocycles. The van der Waals surface area contributed by atoms with Gasteiger partial charge >= 0.3 is 0 Å². The van der Waals surface area contributed by atoms with Gasteiger partial charge in [-0.05, 0) is 85.9 Å². The standard InChI is InChI=1S/C47H49F2N9O6/c1-26(59)54-16-11-36-35(24-54)45(56-13-3-4-27-19-32(34(44(48)49)21-38(27)56)33-22-41-50-12-17-55(41)25-40(33)64-31-5-6-31)52-58(36)29-9-14-53(15-10-29)30-18-28-23-57(37-7-8-42(60)51-46(37)61)47(62)43(28)39(20-30)63-2/h12,17-22,25,29,31,37,44H,3-11,13-16,23-24H2,1-2H3,(H,51,60,61). The third kappa shape index (κ3) is 6.90. The van der Waals surface area contributed by atoms with Crippen molar-refractivity contribution in [3.8, 4) is 22.6 Å². The van der Waals surface area contributed by atoms with Crippen LogP contribution in [0.5, 0.6) is 11.5 Å². The molecule has 11 rings (SSSR count). The second-order valence-electron chi connectivity index (χ2n) is 17.9. The number of benzene rings is 2. The first-order chi connectivity index (χ1) is 31.0. The van der Waals surface area contributed by atoms with Crippen LogP contribution < -0.4 is 24.6 Å². The average molecular weight is 874 g/mol. The number of hydrogen-bond donors (Lipinski definition) is 1. The number of carbonyl (C=O) groups excluding carboxylic acids is 4. The first-order valence-electron chi connectivity index (χ1n) is 22.4. The summed E-state index contributed by atoms with van der Waals surface area (Å²) >= 11 is 0. The van der Waals surface area contributed by atoms with Crippen molar-refractivity contribution >= 4 is 46.5 Å². The lowest BCUT2D eigenvalue weighted by atomic mass is 9.91. The molecule has 6 aliphatic rings. The van der Waals surface area contributed by atoms with Crippen molar-refractivity contribution < 1.29 is 37.4 Å². The minimum Gasteiger partial charge on any atom is -0.496 e. The maximum absolute atomic E-state index is 15.3. The normalized spacial score (nSPS) is 20.2. The third-order valence-electron chi connectivity index (χ3n) is 13.9. The number of fused-ring (bicyclic) bond motifs is 4. The smallest absolute Gasteiger partial charge is 0.264 e. The summed E-state index contributed by atoms with van der Waals surface area (Å²) in [5.74, 6) is 0.631. The van der Waals surface area contributed by atoms with E-state index in [4.69, 9.17) is 14.6 Å². The van der Waals surface area contributed by atoms with E-state index in [-0.39, 0.29) is 54.8 Å². The summed E-state index contributed by atoms with van der Waals surface area (Å²) in [6.45, 7) is 4.78. The number of pyridine rings is 1. The van der Waals surface area contributed by atoms with Gasteiger partial charge in [-0.25, -0.2) is 13.8 Å². The number of aromatic nitrogens is 4. The minimum atomic E-state index is -2.76. The van der Waals surface area contributed by atoms with Crippen molar-refractivity contribution in [2.24, 2.45) is 0 Å². The van der Waals surface area contributed by atoms with Crippen molar-refractivity contribution in [2.45, 2.75) is 102 Å². The molecule has 5 aromatic rings. The summed E-state index contributed by atoms with van der Waals surface area (Å²) in [5.41, 5.74) is 7.45. The van der Waals surface area contributed by atoms with Gasteiger partial charge in [0.15, 0.2) is 5.82 Å². The van der Waals surface area contributed by atoms with E-state index in [0.29, 0.717) is 90.9 Å². The first kappa shape index (κ1) is 40.3. The van der Waals surface area contributed by atoms with Crippen LogP contribution in [0.4, 0.5) is 26.0 Å². The number of nitrogens with zero attached hydrogens (tertiary/aromatic N) is 8. The molecule has 1 N–H and O–H groups in total. The highest BCUT2D eigenvalue weighted by atomic mass is 19.3. The monoisotopic (exact) mass is 873 g/mol. The highest BCUT2D eigenvalue weighted by Gasteiger charge is 2.42. The molecule has 1 unspecified atom stereocenters. The van der Waals surface area contributed by atoms with Crippen LogP contribution in [0.25, 0.3) is 16.8 Å². The number of imide groups is 1. The van der Waals surface area contributed by atoms with Crippen LogP contribution in [0.15, 0.2) is 48.9 Å². The zero-order valence-corrected chi connectivity index (χ0v) is 35.8. The van der Waals surface area contributed by atoms with Gasteiger partial charge in [-0.3, -0.25) is 29.2 Å². The van der Waals surface area contributed by atoms with Gasteiger partial charge in [0.25, 0.3) is 12.3 Å². The number of piperidine rings is 2. The summed E-state index contributed by atoms with van der Waals surface area (Å²) in [7, 11) is 1.54. The van der Waals surface area contributed by atoms with E-state index < -0.39 is 18.4 Å². The third-order valence-corrected chi connectivity index (χ3v) is 13.9. The van der Waals surface area contributed by atoms with Crippen molar-refractivity contribution in [1.82, 2.24) is 34.3 Å². The van der Waals surface area contributed by atoms with Crippen molar-refractivity contribution in [3.63, 3.8) is 0 Å². The molecule has 64 heavy (non-hydrogen) atoms. The number of halogens is 2. The molecule has 3 fully saturated rings. The molecule has 2 aromatic carbocycles. The zero-order chi connectivity index (χ0) is 44.0. The fraction of sp³-hybridized carbons (Fsp3) is 0.447. The lowest BCUT2D eigenvalue weighted by molar-refractivity contribution is -0.137. The molecule has 1 saturated carbocycles. The van der Waals surface area contributed by atoms with E-state index in [9.17, 15) is 19.2 Å². The lowest BCUT2D eigenvalue weighted by Gasteiger charge is -2.35. The summed E-state index contributed by atoms with van der Waals surface area (Å²) < 4.78 is 46.7. The van der Waals surface area contributed by atoms with Crippen LogP contribution in [-0.2, 0) is 40.3 Å². The lowest BCUT2D eigenvalue weighted by Crippen LogP contribution is -2.52. The van der Waals surface area contributed by atoms with Gasteiger partial charge in [0.1, 0.15) is 23.2 Å². The fourth-order valence-corrected chi connectivity index (χ4v) is 10.5. The number of carbonyl (C=O) groups is 4. The maximum Gasteiger partial charge on any atom is 0.264 e. The summed E-state index contributed by atoms with van der Waals surface area (Å²) in [6.07, 6.45) is 8.66. The molecule has 5 aliphatic heterocycles. The van der Waals surface area contributed by atoms with Crippen molar-refractivity contribution in [2.75, 3.05) is 43.1 Å². The van der Waals surface area contributed by atoms with Crippen LogP contribution in [0.1, 0.15) is 103 Å². The van der Waals surface area contributed by atoms with Gasteiger partial charge in [0, 0.05) is 105 Å². The molecule has 1 atom stereocenters. The van der Waals surface area contributed by atoms with E-state index in [0.717, 1.165) is 60.2 Å². The molecule has 0 spiro atoms. The topological polar surface area (TPSA) is 147 Å². The second-order valence-corrected chi connectivity index (χ2v) is 17.9. The SMILES string of the molecule is COc1cc(N2CCC(n3nc(N4CCCc5cc(-c6cc7nccn7cc6OC6CC6)c(C(F)F)cc54)c4c3CCN(C(C)=O)C4)CC2)cc2c1C(=O)N(C1CCC(=O)NC1=O)C2. The Morgan fingerprint density at radius 3 is 2.47 bits per heavy atom. The second kappa shape index (κ2) is 15.6. The van der Waals surface area contributed by atoms with Crippen LogP contribution >= 0.6 is 0 Å². The summed E-state index contributed by atoms with van der Waals surface area (Å²) in [6, 6.07) is 8.62. The van der Waals surface area contributed by atoms with Gasteiger partial charge < -0.3 is 33.5 Å². The van der Waals surface area contributed by atoms with E-state index in [1.807, 2.05) is 46.0 Å². The number of rotatable bonds is 9. The number of ether oxygens (including phenoxy) is 2. The van der Waals surface area contributed by atoms with Gasteiger partial charge in [-0.2, -0.15) is 5.10 Å². The van der Waals surface area contributed by atoms with Gasteiger partial charge in [0.05, 0.1) is 37.6 Å². The first-order valence-corrected chi connectivity index (χ1v) is 22.4. The number of hydrogen-bond acceptors (Lipinski definition) is 10. The predicted molar refractivity (Wildman–Crippen MR) is 231 cm³/mol. The fourth-order valence-electron chi connectivity index (χ4n) is 10.5. The molecule has 8 heterocycles. The predicted octanol–water partition coefficient (Wildman–Crippen LogP) is 6.28. The number of nitrogens with one attached hydrogen (secondary N) is 1. The average Bonchev–Trinajstić information content (AvgIpc) is 3.70. The van der Waals surface area contributed by atoms with Crippen LogP contribution in [-0.4, -0.2) is 98.0 Å². The zero-order valence-electron chi connectivity index (χ0n) is 35.8. The molecular weight excluding hydrogens is 825 g/mol. The number of methoxy groups -OCH3 is 1. The Morgan fingerprint density at radius 1 is 0.891 bits per heavy atom. The number of amides is 4. The molecule has 4 amide bonds. The molecule has 0 bridgehead atoms. The Labute approximate surface area is 367 Å². The largest absolute Gasteiger partial charge is 0.496 e. The number of alkyl halides is 2. The quantitative estimate of drug-likeness (QED) is 0.168. The van der Waals surface area contributed by atoms with E-state index in [1.54, 1.807) is 19.2 Å². The highest BCUT2D eigenvalue weighted by molar-refractivity contribution is 6.07. The van der Waals surface area contributed by atoms with Gasteiger partial charge in [-0.1, -0.05) is 0 Å². The Kier molecular flexibility index (Phi) is 9.83. The van der Waals surface area contributed by atoms with Crippen molar-refractivity contribution in [1.29, 1.82) is 0 Å². The number of anilines is 3. The Bertz CT molecular complexity index is 2760. The van der Waals surface area contributed by atoms with E-state index in [2.05, 4.69) is 24.8 Å². The number of imidazole rings is 1. The molecule has 17 heteroatoms. The summed E-state index contributed by atoms with van der Waals surface area (Å²) in [5, 5.41) is 7.73. The van der Waals surface area contributed by atoms with Crippen LogP contribution in [0.2, 0.25) is 0 Å². The van der Waals surface area contributed by atoms with Gasteiger partial charge in [-0.15, -0.1) is 0 Å².